The molecule has 0 amide bonds. The number of aromatic hydroxyl groups is 1. The first-order valence-corrected chi connectivity index (χ1v) is 9.21. The molecule has 2 aliphatic heterocycles. The first-order chi connectivity index (χ1) is 13.8. The van der Waals surface area contributed by atoms with Crippen LogP contribution in [-0.4, -0.2) is 52.6 Å². The van der Waals surface area contributed by atoms with Gasteiger partial charge < -0.3 is 19.7 Å². The normalized spacial score (nSPS) is 17.3. The lowest BCUT2D eigenvalue weighted by molar-refractivity contribution is 0.122. The molecule has 0 bridgehead atoms. The number of allylic oxidation sites excluding steroid dienone is 1. The van der Waals surface area contributed by atoms with Crippen molar-refractivity contribution < 1.29 is 9.84 Å². The van der Waals surface area contributed by atoms with Gasteiger partial charge in [-0.3, -0.25) is 0 Å². The Morgan fingerprint density at radius 3 is 2.75 bits per heavy atom. The molecule has 2 N–H and O–H groups in total. The lowest BCUT2D eigenvalue weighted by Crippen LogP contribution is -2.36. The highest BCUT2D eigenvalue weighted by Gasteiger charge is 2.16. The van der Waals surface area contributed by atoms with Crippen molar-refractivity contribution in [3.8, 4) is 17.3 Å². The van der Waals surface area contributed by atoms with Crippen LogP contribution in [0.2, 0.25) is 0 Å². The molecule has 5 rings (SSSR count). The monoisotopic (exact) mass is 373 g/mol. The first kappa shape index (κ1) is 16.7. The van der Waals surface area contributed by atoms with E-state index in [1.54, 1.807) is 12.4 Å². The summed E-state index contributed by atoms with van der Waals surface area (Å²) in [5.74, 6) is 1.27. The fourth-order valence-electron chi connectivity index (χ4n) is 3.46. The highest BCUT2D eigenvalue weighted by atomic mass is 16.5. The van der Waals surface area contributed by atoms with E-state index in [0.717, 1.165) is 48.7 Å². The summed E-state index contributed by atoms with van der Waals surface area (Å²) in [5, 5.41) is 10.3. The minimum Gasteiger partial charge on any atom is -0.492 e. The number of aromatic amines is 1. The highest BCUT2D eigenvalue weighted by molar-refractivity contribution is 6.20. The summed E-state index contributed by atoms with van der Waals surface area (Å²) >= 11 is 0. The van der Waals surface area contributed by atoms with E-state index >= 15 is 0 Å². The van der Waals surface area contributed by atoms with E-state index in [2.05, 4.69) is 37.0 Å². The van der Waals surface area contributed by atoms with Gasteiger partial charge in [-0.2, -0.15) is 4.98 Å². The zero-order valence-electron chi connectivity index (χ0n) is 15.2. The van der Waals surface area contributed by atoms with Gasteiger partial charge in [-0.15, -0.1) is 0 Å². The SMILES string of the molecule is Oc1nc(-c2ccc(N3CCOCC3)cc2)[nH]c1C=C1C=Nc2ncccc21. The van der Waals surface area contributed by atoms with Crippen molar-refractivity contribution in [2.75, 3.05) is 31.2 Å². The van der Waals surface area contributed by atoms with Gasteiger partial charge in [0.05, 0.1) is 13.2 Å². The van der Waals surface area contributed by atoms with Crippen LogP contribution in [0.5, 0.6) is 5.88 Å². The molecule has 2 aliphatic rings. The zero-order valence-corrected chi connectivity index (χ0v) is 15.2. The van der Waals surface area contributed by atoms with Crippen LogP contribution in [0.15, 0.2) is 47.6 Å². The summed E-state index contributed by atoms with van der Waals surface area (Å²) in [5.41, 5.74) is 4.45. The number of hydrogen-bond acceptors (Lipinski definition) is 6. The van der Waals surface area contributed by atoms with E-state index in [-0.39, 0.29) is 5.88 Å². The second-order valence-corrected chi connectivity index (χ2v) is 6.70. The number of morpholine rings is 1. The molecule has 0 aliphatic carbocycles. The molecule has 4 heterocycles. The number of aromatic nitrogens is 3. The van der Waals surface area contributed by atoms with Crippen molar-refractivity contribution in [3.05, 3.63) is 53.9 Å². The van der Waals surface area contributed by atoms with Crippen LogP contribution in [-0.2, 0) is 4.74 Å². The second kappa shape index (κ2) is 6.94. The average Bonchev–Trinajstić information content (AvgIpc) is 3.33. The smallest absolute Gasteiger partial charge is 0.237 e. The number of rotatable bonds is 3. The second-order valence-electron chi connectivity index (χ2n) is 6.70. The van der Waals surface area contributed by atoms with E-state index in [9.17, 15) is 5.11 Å². The number of pyridine rings is 1. The summed E-state index contributed by atoms with van der Waals surface area (Å²) in [6.45, 7) is 3.31. The van der Waals surface area contributed by atoms with Crippen LogP contribution in [0, 0.1) is 0 Å². The van der Waals surface area contributed by atoms with Crippen molar-refractivity contribution in [2.45, 2.75) is 0 Å². The maximum Gasteiger partial charge on any atom is 0.237 e. The van der Waals surface area contributed by atoms with E-state index in [1.807, 2.05) is 30.3 Å². The number of nitrogens with zero attached hydrogens (tertiary/aromatic N) is 4. The van der Waals surface area contributed by atoms with E-state index in [4.69, 9.17) is 4.74 Å². The minimum atomic E-state index is -0.0366. The summed E-state index contributed by atoms with van der Waals surface area (Å²) in [6.07, 6.45) is 5.30. The standard InChI is InChI=1S/C21H19N5O2/c27-21-18(12-15-13-23-20-17(15)2-1-7-22-20)24-19(25-21)14-3-5-16(6-4-14)26-8-10-28-11-9-26/h1-7,12-13,27H,8-11H2,(H,24,25). The molecule has 0 unspecified atom stereocenters. The lowest BCUT2D eigenvalue weighted by atomic mass is 10.1. The third-order valence-electron chi connectivity index (χ3n) is 4.95. The third-order valence-corrected chi connectivity index (χ3v) is 4.95. The quantitative estimate of drug-likeness (QED) is 0.736. The van der Waals surface area contributed by atoms with Gasteiger partial charge in [0.25, 0.3) is 0 Å². The number of H-pyrrole nitrogens is 1. The molecule has 7 nitrogen and oxygen atoms in total. The molecule has 0 atom stereocenters. The van der Waals surface area contributed by atoms with Gasteiger partial charge in [0.1, 0.15) is 11.5 Å². The molecular formula is C21H19N5O2. The van der Waals surface area contributed by atoms with Crippen molar-refractivity contribution >= 4 is 29.4 Å². The molecule has 1 saturated heterocycles. The molecule has 0 saturated carbocycles. The fourth-order valence-corrected chi connectivity index (χ4v) is 3.46. The Labute approximate surface area is 162 Å². The Morgan fingerprint density at radius 1 is 1.11 bits per heavy atom. The topological polar surface area (TPSA) is 86.6 Å². The van der Waals surface area contributed by atoms with E-state index in [1.165, 1.54) is 0 Å². The highest BCUT2D eigenvalue weighted by Crippen LogP contribution is 2.32. The van der Waals surface area contributed by atoms with Gasteiger partial charge in [-0.05, 0) is 42.5 Å². The number of imidazole rings is 1. The molecule has 28 heavy (non-hydrogen) atoms. The Kier molecular flexibility index (Phi) is 4.14. The molecule has 0 radical (unpaired) electrons. The molecule has 2 aromatic heterocycles. The van der Waals surface area contributed by atoms with E-state index in [0.29, 0.717) is 17.3 Å². The maximum atomic E-state index is 10.3. The number of hydrogen-bond donors (Lipinski definition) is 2. The molecule has 1 aromatic carbocycles. The molecule has 7 heteroatoms. The summed E-state index contributed by atoms with van der Waals surface area (Å²) < 4.78 is 5.40. The Balaban J connectivity index is 1.41. The van der Waals surface area contributed by atoms with Gasteiger partial charge in [0.2, 0.25) is 5.88 Å². The lowest BCUT2D eigenvalue weighted by Gasteiger charge is -2.28. The molecule has 140 valence electrons. The van der Waals surface area contributed by atoms with Crippen molar-refractivity contribution in [3.63, 3.8) is 0 Å². The van der Waals surface area contributed by atoms with E-state index < -0.39 is 0 Å². The number of aliphatic imine (C=N–C) groups is 1. The van der Waals surface area contributed by atoms with Crippen molar-refractivity contribution in [2.24, 2.45) is 4.99 Å². The number of fused-ring (bicyclic) bond motifs is 1. The number of benzene rings is 1. The number of ether oxygens (including phenoxy) is 1. The van der Waals surface area contributed by atoms with Crippen LogP contribution < -0.4 is 4.90 Å². The van der Waals surface area contributed by atoms with Crippen molar-refractivity contribution in [1.29, 1.82) is 0 Å². The third kappa shape index (κ3) is 3.05. The van der Waals surface area contributed by atoms with Gasteiger partial charge in [0, 0.05) is 47.9 Å². The van der Waals surface area contributed by atoms with Crippen molar-refractivity contribution in [1.82, 2.24) is 15.0 Å². The zero-order chi connectivity index (χ0) is 18.9. The van der Waals surface area contributed by atoms with Gasteiger partial charge in [-0.25, -0.2) is 9.98 Å². The van der Waals surface area contributed by atoms with Crippen LogP contribution in [0.3, 0.4) is 0 Å². The molecule has 1 fully saturated rings. The predicted octanol–water partition coefficient (Wildman–Crippen LogP) is 3.27. The van der Waals surface area contributed by atoms with Crippen LogP contribution in [0.1, 0.15) is 11.3 Å². The van der Waals surface area contributed by atoms with Gasteiger partial charge >= 0.3 is 0 Å². The number of anilines is 1. The molecule has 3 aromatic rings. The Morgan fingerprint density at radius 2 is 1.93 bits per heavy atom. The Hall–Kier alpha value is -3.45. The van der Waals surface area contributed by atoms with Gasteiger partial charge in [0.15, 0.2) is 5.82 Å². The summed E-state index contributed by atoms with van der Waals surface area (Å²) in [7, 11) is 0. The predicted molar refractivity (Wildman–Crippen MR) is 109 cm³/mol. The van der Waals surface area contributed by atoms with Crippen LogP contribution in [0.25, 0.3) is 23.0 Å². The molecule has 0 spiro atoms. The number of nitrogens with one attached hydrogen (secondary N) is 1. The van der Waals surface area contributed by atoms with Crippen LogP contribution >= 0.6 is 0 Å². The summed E-state index contributed by atoms with van der Waals surface area (Å²) in [4.78, 5) is 18.3. The first-order valence-electron chi connectivity index (χ1n) is 9.21. The molecular weight excluding hydrogens is 354 g/mol. The average molecular weight is 373 g/mol. The minimum absolute atomic E-state index is 0.0366. The van der Waals surface area contributed by atoms with Gasteiger partial charge in [-0.1, -0.05) is 0 Å². The maximum absolute atomic E-state index is 10.3. The fraction of sp³-hybridized carbons (Fsp3) is 0.190. The summed E-state index contributed by atoms with van der Waals surface area (Å²) in [6, 6.07) is 12.0. The van der Waals surface area contributed by atoms with Crippen LogP contribution in [0.4, 0.5) is 11.5 Å². The Bertz CT molecular complexity index is 1060. The largest absolute Gasteiger partial charge is 0.492 e.